The Morgan fingerprint density at radius 1 is 1.25 bits per heavy atom. The summed E-state index contributed by atoms with van der Waals surface area (Å²) in [6.07, 6.45) is 2.69. The number of hydrogen-bond donors (Lipinski definition) is 2. The zero-order valence-corrected chi connectivity index (χ0v) is 13.4. The SMILES string of the molecule is Cc1cccc(NCC(=S)NCCN2CCCC2)c1C. The van der Waals surface area contributed by atoms with Gasteiger partial charge >= 0.3 is 0 Å². The zero-order chi connectivity index (χ0) is 14.4. The van der Waals surface area contributed by atoms with E-state index in [0.29, 0.717) is 6.54 Å². The van der Waals surface area contributed by atoms with E-state index in [1.54, 1.807) is 0 Å². The lowest BCUT2D eigenvalue weighted by Gasteiger charge is -2.16. The summed E-state index contributed by atoms with van der Waals surface area (Å²) in [4.78, 5) is 3.39. The molecular weight excluding hydrogens is 266 g/mol. The first-order chi connectivity index (χ1) is 9.66. The molecule has 0 atom stereocenters. The third-order valence-electron chi connectivity index (χ3n) is 3.99. The quantitative estimate of drug-likeness (QED) is 0.788. The minimum Gasteiger partial charge on any atom is -0.378 e. The minimum atomic E-state index is 0.708. The van der Waals surface area contributed by atoms with Gasteiger partial charge in [0.1, 0.15) is 0 Å². The summed E-state index contributed by atoms with van der Waals surface area (Å²) in [5.41, 5.74) is 3.78. The summed E-state index contributed by atoms with van der Waals surface area (Å²) in [5, 5.41) is 6.76. The van der Waals surface area contributed by atoms with E-state index in [1.807, 2.05) is 0 Å². The maximum atomic E-state index is 5.38. The fraction of sp³-hybridized carbons (Fsp3) is 0.562. The molecule has 1 aliphatic heterocycles. The molecule has 1 saturated heterocycles. The van der Waals surface area contributed by atoms with Crippen molar-refractivity contribution in [2.75, 3.05) is 38.0 Å². The van der Waals surface area contributed by atoms with Crippen LogP contribution in [0.15, 0.2) is 18.2 Å². The average Bonchev–Trinajstić information content (AvgIpc) is 2.94. The fourth-order valence-corrected chi connectivity index (χ4v) is 2.71. The first-order valence-electron chi connectivity index (χ1n) is 7.46. The molecule has 0 saturated carbocycles. The van der Waals surface area contributed by atoms with E-state index in [1.165, 1.54) is 42.7 Å². The molecule has 0 unspecified atom stereocenters. The highest BCUT2D eigenvalue weighted by molar-refractivity contribution is 7.80. The number of benzene rings is 1. The fourth-order valence-electron chi connectivity index (χ4n) is 2.54. The second-order valence-corrected chi connectivity index (χ2v) is 5.99. The zero-order valence-electron chi connectivity index (χ0n) is 12.5. The molecule has 1 heterocycles. The molecule has 1 aromatic rings. The Balaban J connectivity index is 1.68. The van der Waals surface area contributed by atoms with Crippen LogP contribution in [-0.4, -0.2) is 42.6 Å². The van der Waals surface area contributed by atoms with Crippen molar-refractivity contribution in [1.29, 1.82) is 0 Å². The number of hydrogen-bond acceptors (Lipinski definition) is 3. The van der Waals surface area contributed by atoms with Gasteiger partial charge in [0.25, 0.3) is 0 Å². The van der Waals surface area contributed by atoms with Crippen molar-refractivity contribution in [3.63, 3.8) is 0 Å². The highest BCUT2D eigenvalue weighted by Crippen LogP contribution is 2.17. The topological polar surface area (TPSA) is 27.3 Å². The smallest absolute Gasteiger partial charge is 0.0948 e. The van der Waals surface area contributed by atoms with Gasteiger partial charge in [0, 0.05) is 18.8 Å². The van der Waals surface area contributed by atoms with E-state index in [9.17, 15) is 0 Å². The third-order valence-corrected chi connectivity index (χ3v) is 4.28. The van der Waals surface area contributed by atoms with E-state index in [0.717, 1.165) is 18.1 Å². The molecule has 0 bridgehead atoms. The number of rotatable bonds is 6. The predicted octanol–water partition coefficient (Wildman–Crippen LogP) is 2.73. The Labute approximate surface area is 127 Å². The van der Waals surface area contributed by atoms with E-state index in [-0.39, 0.29) is 0 Å². The third kappa shape index (κ3) is 4.46. The highest BCUT2D eigenvalue weighted by atomic mass is 32.1. The summed E-state index contributed by atoms with van der Waals surface area (Å²) in [6.45, 7) is 9.52. The predicted molar refractivity (Wildman–Crippen MR) is 90.7 cm³/mol. The Bertz CT molecular complexity index is 453. The van der Waals surface area contributed by atoms with Gasteiger partial charge in [-0.1, -0.05) is 24.4 Å². The van der Waals surface area contributed by atoms with Gasteiger partial charge < -0.3 is 15.5 Å². The lowest BCUT2D eigenvalue weighted by atomic mass is 10.1. The molecule has 20 heavy (non-hydrogen) atoms. The van der Waals surface area contributed by atoms with Gasteiger partial charge in [0.2, 0.25) is 0 Å². The van der Waals surface area contributed by atoms with Gasteiger partial charge in [-0.2, -0.15) is 0 Å². The average molecular weight is 291 g/mol. The van der Waals surface area contributed by atoms with Gasteiger partial charge in [-0.3, -0.25) is 0 Å². The van der Waals surface area contributed by atoms with E-state index in [2.05, 4.69) is 47.6 Å². The van der Waals surface area contributed by atoms with Gasteiger partial charge in [0.05, 0.1) is 11.5 Å². The van der Waals surface area contributed by atoms with Crippen molar-refractivity contribution in [3.05, 3.63) is 29.3 Å². The van der Waals surface area contributed by atoms with Gasteiger partial charge in [-0.15, -0.1) is 0 Å². The monoisotopic (exact) mass is 291 g/mol. The van der Waals surface area contributed by atoms with Crippen molar-refractivity contribution < 1.29 is 0 Å². The van der Waals surface area contributed by atoms with Crippen LogP contribution in [0, 0.1) is 13.8 Å². The second-order valence-electron chi connectivity index (χ2n) is 5.50. The molecule has 1 fully saturated rings. The van der Waals surface area contributed by atoms with Crippen LogP contribution in [0.25, 0.3) is 0 Å². The van der Waals surface area contributed by atoms with Crippen LogP contribution in [0.5, 0.6) is 0 Å². The molecule has 3 nitrogen and oxygen atoms in total. The molecule has 0 radical (unpaired) electrons. The molecule has 1 aromatic carbocycles. The van der Waals surface area contributed by atoms with Crippen LogP contribution >= 0.6 is 12.2 Å². The van der Waals surface area contributed by atoms with E-state index < -0.39 is 0 Å². The lowest BCUT2D eigenvalue weighted by molar-refractivity contribution is 0.344. The molecule has 2 N–H and O–H groups in total. The highest BCUT2D eigenvalue weighted by Gasteiger charge is 2.10. The van der Waals surface area contributed by atoms with Crippen molar-refractivity contribution in [3.8, 4) is 0 Å². The Kier molecular flexibility index (Phi) is 5.80. The first kappa shape index (κ1) is 15.3. The molecule has 4 heteroatoms. The number of thiocarbonyl (C=S) groups is 1. The Hall–Kier alpha value is -1.13. The van der Waals surface area contributed by atoms with E-state index in [4.69, 9.17) is 12.2 Å². The number of likely N-dealkylation sites (tertiary alicyclic amines) is 1. The van der Waals surface area contributed by atoms with Crippen LogP contribution in [0.2, 0.25) is 0 Å². The first-order valence-corrected chi connectivity index (χ1v) is 7.87. The molecule has 110 valence electrons. The molecule has 2 rings (SSSR count). The molecule has 0 aliphatic carbocycles. The maximum absolute atomic E-state index is 5.38. The molecule has 1 aliphatic rings. The number of anilines is 1. The largest absolute Gasteiger partial charge is 0.378 e. The summed E-state index contributed by atoms with van der Waals surface area (Å²) < 4.78 is 0. The van der Waals surface area contributed by atoms with Crippen LogP contribution in [0.3, 0.4) is 0 Å². The number of nitrogens with zero attached hydrogens (tertiary/aromatic N) is 1. The van der Waals surface area contributed by atoms with Gasteiger partial charge in [0.15, 0.2) is 0 Å². The Morgan fingerprint density at radius 3 is 2.75 bits per heavy atom. The van der Waals surface area contributed by atoms with Crippen LogP contribution < -0.4 is 10.6 Å². The Morgan fingerprint density at radius 2 is 2.00 bits per heavy atom. The lowest BCUT2D eigenvalue weighted by Crippen LogP contribution is -2.35. The normalized spacial score (nSPS) is 15.3. The van der Waals surface area contributed by atoms with Gasteiger partial charge in [-0.05, 0) is 57.0 Å². The summed E-state index contributed by atoms with van der Waals surface area (Å²) in [6, 6.07) is 6.32. The summed E-state index contributed by atoms with van der Waals surface area (Å²) in [7, 11) is 0. The van der Waals surface area contributed by atoms with Crippen molar-refractivity contribution >= 4 is 22.9 Å². The van der Waals surface area contributed by atoms with Gasteiger partial charge in [-0.25, -0.2) is 0 Å². The number of nitrogens with one attached hydrogen (secondary N) is 2. The maximum Gasteiger partial charge on any atom is 0.0948 e. The van der Waals surface area contributed by atoms with Crippen LogP contribution in [-0.2, 0) is 0 Å². The van der Waals surface area contributed by atoms with Crippen molar-refractivity contribution in [1.82, 2.24) is 10.2 Å². The second kappa shape index (κ2) is 7.60. The standard InChI is InChI=1S/C16H25N3S/c1-13-6-5-7-15(14(13)2)18-12-16(20)17-8-11-19-9-3-4-10-19/h5-7,18H,3-4,8-12H2,1-2H3,(H,17,20). The van der Waals surface area contributed by atoms with Crippen molar-refractivity contribution in [2.24, 2.45) is 0 Å². The molecule has 0 amide bonds. The molecular formula is C16H25N3S. The summed E-state index contributed by atoms with van der Waals surface area (Å²) >= 11 is 5.38. The minimum absolute atomic E-state index is 0.708. The van der Waals surface area contributed by atoms with Crippen molar-refractivity contribution in [2.45, 2.75) is 26.7 Å². The van der Waals surface area contributed by atoms with Crippen LogP contribution in [0.1, 0.15) is 24.0 Å². The molecule has 0 aromatic heterocycles. The summed E-state index contributed by atoms with van der Waals surface area (Å²) in [5.74, 6) is 0. The molecule has 0 spiro atoms. The van der Waals surface area contributed by atoms with Crippen LogP contribution in [0.4, 0.5) is 5.69 Å². The van der Waals surface area contributed by atoms with E-state index >= 15 is 0 Å². The number of aryl methyl sites for hydroxylation is 1.